The summed E-state index contributed by atoms with van der Waals surface area (Å²) in [7, 11) is 0. The molecule has 3 unspecified atom stereocenters. The molecular weight excluding hydrogens is 394 g/mol. The van der Waals surface area contributed by atoms with Gasteiger partial charge in [-0.1, -0.05) is 6.07 Å². The molecule has 1 saturated heterocycles. The number of aryl methyl sites for hydroxylation is 1. The van der Waals surface area contributed by atoms with E-state index in [4.69, 9.17) is 9.15 Å². The Balaban J connectivity index is 1.59. The number of pyridine rings is 1. The average molecular weight is 430 g/mol. The molecule has 1 aliphatic heterocycles. The molecule has 0 spiro atoms. The molecule has 1 fully saturated rings. The number of aromatic nitrogens is 1. The number of guanidine groups is 1. The number of aliphatic hydroxyl groups is 1. The predicted octanol–water partition coefficient (Wildman–Crippen LogP) is 2.56. The van der Waals surface area contributed by atoms with Crippen LogP contribution in [0.15, 0.2) is 39.9 Å². The summed E-state index contributed by atoms with van der Waals surface area (Å²) in [4.78, 5) is 11.5. The van der Waals surface area contributed by atoms with Crippen molar-refractivity contribution in [1.82, 2.24) is 15.6 Å². The van der Waals surface area contributed by atoms with Crippen molar-refractivity contribution in [1.29, 1.82) is 0 Å². The number of furan rings is 1. The third kappa shape index (κ3) is 6.45. The first-order chi connectivity index (χ1) is 14.8. The highest BCUT2D eigenvalue weighted by Crippen LogP contribution is 2.22. The van der Waals surface area contributed by atoms with Crippen LogP contribution in [-0.2, 0) is 16.9 Å². The highest BCUT2D eigenvalue weighted by atomic mass is 16.5. The lowest BCUT2D eigenvalue weighted by molar-refractivity contribution is -0.00546. The third-order valence-electron chi connectivity index (χ3n) is 5.19. The van der Waals surface area contributed by atoms with Crippen LogP contribution in [0.4, 0.5) is 5.82 Å². The van der Waals surface area contributed by atoms with Crippen LogP contribution < -0.4 is 15.5 Å². The summed E-state index contributed by atoms with van der Waals surface area (Å²) in [5.74, 6) is 2.89. The molecule has 3 rings (SSSR count). The zero-order valence-corrected chi connectivity index (χ0v) is 19.2. The zero-order valence-electron chi connectivity index (χ0n) is 19.2. The second-order valence-corrected chi connectivity index (χ2v) is 8.42. The van der Waals surface area contributed by atoms with Crippen molar-refractivity contribution in [3.8, 4) is 0 Å². The summed E-state index contributed by atoms with van der Waals surface area (Å²) >= 11 is 0. The van der Waals surface area contributed by atoms with E-state index < -0.39 is 5.60 Å². The fraction of sp³-hybridized carbons (Fsp3) is 0.565. The van der Waals surface area contributed by atoms with Gasteiger partial charge in [0, 0.05) is 25.8 Å². The Kier molecular flexibility index (Phi) is 7.56. The molecule has 0 amide bonds. The lowest BCUT2D eigenvalue weighted by atomic mass is 10.0. The normalized spacial score (nSPS) is 21.6. The van der Waals surface area contributed by atoms with Crippen LogP contribution in [-0.4, -0.2) is 54.4 Å². The molecular formula is C23H35N5O3. The molecule has 2 aromatic heterocycles. The highest BCUT2D eigenvalue weighted by molar-refractivity contribution is 5.79. The van der Waals surface area contributed by atoms with Crippen molar-refractivity contribution in [2.75, 3.05) is 31.1 Å². The Morgan fingerprint density at radius 1 is 1.23 bits per heavy atom. The summed E-state index contributed by atoms with van der Waals surface area (Å²) in [6.07, 6.45) is 2.27. The topological polar surface area (TPSA) is 95.2 Å². The van der Waals surface area contributed by atoms with Crippen molar-refractivity contribution in [3.05, 3.63) is 47.5 Å². The van der Waals surface area contributed by atoms with Gasteiger partial charge in [-0.25, -0.2) is 9.98 Å². The molecule has 0 saturated carbocycles. The summed E-state index contributed by atoms with van der Waals surface area (Å²) in [6, 6.07) is 7.74. The Bertz CT molecular complexity index is 852. The number of hydrogen-bond acceptors (Lipinski definition) is 6. The number of hydrogen-bond donors (Lipinski definition) is 3. The van der Waals surface area contributed by atoms with E-state index in [0.717, 1.165) is 36.8 Å². The van der Waals surface area contributed by atoms with Crippen molar-refractivity contribution < 1.29 is 14.3 Å². The van der Waals surface area contributed by atoms with Crippen LogP contribution in [0.2, 0.25) is 0 Å². The van der Waals surface area contributed by atoms with Gasteiger partial charge in [-0.15, -0.1) is 0 Å². The van der Waals surface area contributed by atoms with Crippen LogP contribution in [0.1, 0.15) is 44.8 Å². The second-order valence-electron chi connectivity index (χ2n) is 8.42. The van der Waals surface area contributed by atoms with Gasteiger partial charge in [-0.2, -0.15) is 0 Å². The fourth-order valence-corrected chi connectivity index (χ4v) is 3.64. The largest absolute Gasteiger partial charge is 0.463 e. The first kappa shape index (κ1) is 23.1. The lowest BCUT2D eigenvalue weighted by Gasteiger charge is -2.36. The SMILES string of the molecule is CCNC(=NCc1ccc(N2CC(C)OC(C)C2)nc1)NCC(C)(O)c1ccc(C)o1. The maximum absolute atomic E-state index is 10.7. The number of aliphatic imine (C=N–C) groups is 1. The fourth-order valence-electron chi connectivity index (χ4n) is 3.64. The smallest absolute Gasteiger partial charge is 0.191 e. The molecule has 1 aliphatic rings. The van der Waals surface area contributed by atoms with Gasteiger partial charge in [0.2, 0.25) is 0 Å². The Labute approximate surface area is 184 Å². The molecule has 3 atom stereocenters. The lowest BCUT2D eigenvalue weighted by Crippen LogP contribution is -2.45. The first-order valence-corrected chi connectivity index (χ1v) is 10.9. The quantitative estimate of drug-likeness (QED) is 0.460. The first-order valence-electron chi connectivity index (χ1n) is 10.9. The van der Waals surface area contributed by atoms with Gasteiger partial charge in [0.25, 0.3) is 0 Å². The standard InChI is InChI=1S/C23H35N5O3/c1-6-24-22(27-15-23(5,29)20-9-7-16(2)31-20)26-12-19-8-10-21(25-11-19)28-13-17(3)30-18(4)14-28/h7-11,17-18,29H,6,12-15H2,1-5H3,(H2,24,26,27). The molecule has 3 N–H and O–H groups in total. The molecule has 0 aromatic carbocycles. The molecule has 3 heterocycles. The van der Waals surface area contributed by atoms with Gasteiger partial charge in [0.1, 0.15) is 22.9 Å². The number of morpholine rings is 1. The van der Waals surface area contributed by atoms with E-state index in [1.54, 1.807) is 13.0 Å². The zero-order chi connectivity index (χ0) is 22.4. The van der Waals surface area contributed by atoms with Crippen LogP contribution in [0.25, 0.3) is 0 Å². The van der Waals surface area contributed by atoms with Crippen LogP contribution in [0, 0.1) is 6.92 Å². The molecule has 2 aromatic rings. The van der Waals surface area contributed by atoms with Crippen LogP contribution in [0.3, 0.4) is 0 Å². The number of ether oxygens (including phenoxy) is 1. The van der Waals surface area contributed by atoms with E-state index in [2.05, 4.69) is 45.4 Å². The van der Waals surface area contributed by atoms with Gasteiger partial charge in [-0.3, -0.25) is 0 Å². The van der Waals surface area contributed by atoms with E-state index in [9.17, 15) is 5.11 Å². The summed E-state index contributed by atoms with van der Waals surface area (Å²) in [5, 5.41) is 17.1. The highest BCUT2D eigenvalue weighted by Gasteiger charge is 2.27. The van der Waals surface area contributed by atoms with Crippen molar-refractivity contribution in [2.45, 2.75) is 59.0 Å². The predicted molar refractivity (Wildman–Crippen MR) is 122 cm³/mol. The summed E-state index contributed by atoms with van der Waals surface area (Å²) in [5.41, 5.74) is -0.121. The van der Waals surface area contributed by atoms with E-state index in [0.29, 0.717) is 18.3 Å². The minimum absolute atomic E-state index is 0.200. The minimum Gasteiger partial charge on any atom is -0.463 e. The molecule has 0 bridgehead atoms. The van der Waals surface area contributed by atoms with Gasteiger partial charge in [0.15, 0.2) is 5.96 Å². The number of rotatable bonds is 7. The minimum atomic E-state index is -1.14. The van der Waals surface area contributed by atoms with Gasteiger partial charge in [-0.05, 0) is 58.4 Å². The summed E-state index contributed by atoms with van der Waals surface area (Å²) in [6.45, 7) is 12.9. The van der Waals surface area contributed by atoms with Crippen molar-refractivity contribution >= 4 is 11.8 Å². The molecule has 31 heavy (non-hydrogen) atoms. The number of nitrogens with one attached hydrogen (secondary N) is 2. The molecule has 8 heteroatoms. The Morgan fingerprint density at radius 3 is 2.55 bits per heavy atom. The number of nitrogens with zero attached hydrogens (tertiary/aromatic N) is 3. The summed E-state index contributed by atoms with van der Waals surface area (Å²) < 4.78 is 11.4. The monoisotopic (exact) mass is 429 g/mol. The van der Waals surface area contributed by atoms with Crippen LogP contribution in [0.5, 0.6) is 0 Å². The molecule has 170 valence electrons. The van der Waals surface area contributed by atoms with Crippen LogP contribution >= 0.6 is 0 Å². The average Bonchev–Trinajstić information content (AvgIpc) is 3.17. The second kappa shape index (κ2) is 10.2. The van der Waals surface area contributed by atoms with Gasteiger partial charge in [0.05, 0.1) is 25.3 Å². The van der Waals surface area contributed by atoms with Gasteiger partial charge < -0.3 is 29.8 Å². The Morgan fingerprint density at radius 2 is 1.97 bits per heavy atom. The molecule has 0 radical (unpaired) electrons. The maximum Gasteiger partial charge on any atom is 0.191 e. The molecule has 0 aliphatic carbocycles. The Hall–Kier alpha value is -2.58. The maximum atomic E-state index is 10.7. The third-order valence-corrected chi connectivity index (χ3v) is 5.19. The van der Waals surface area contributed by atoms with E-state index in [-0.39, 0.29) is 18.8 Å². The van der Waals surface area contributed by atoms with Crippen molar-refractivity contribution in [2.24, 2.45) is 4.99 Å². The molecule has 8 nitrogen and oxygen atoms in total. The van der Waals surface area contributed by atoms with E-state index in [1.807, 2.05) is 32.2 Å². The van der Waals surface area contributed by atoms with E-state index in [1.165, 1.54) is 0 Å². The van der Waals surface area contributed by atoms with Crippen molar-refractivity contribution in [3.63, 3.8) is 0 Å². The van der Waals surface area contributed by atoms with E-state index >= 15 is 0 Å². The number of anilines is 1. The van der Waals surface area contributed by atoms with Gasteiger partial charge >= 0.3 is 0 Å².